The van der Waals surface area contributed by atoms with Crippen LogP contribution >= 0.6 is 0 Å². The molecule has 0 radical (unpaired) electrons. The average molecular weight is 338 g/mol. The van der Waals surface area contributed by atoms with E-state index < -0.39 is 0 Å². The van der Waals surface area contributed by atoms with Gasteiger partial charge in [-0.1, -0.05) is 71.9 Å². The molecule has 0 amide bonds. The van der Waals surface area contributed by atoms with Crippen LogP contribution in [0, 0.1) is 0 Å². The predicted octanol–water partition coefficient (Wildman–Crippen LogP) is 5.30. The number of allylic oxidation sites excluding steroid dienone is 2. The Morgan fingerprint density at radius 1 is 0.885 bits per heavy atom. The molecule has 1 unspecified atom stereocenters. The normalized spacial score (nSPS) is 17.4. The molecule has 5 rings (SSSR count). The second-order valence-corrected chi connectivity index (χ2v) is 6.73. The molecule has 0 bridgehead atoms. The zero-order valence-corrected chi connectivity index (χ0v) is 14.2. The summed E-state index contributed by atoms with van der Waals surface area (Å²) in [4.78, 5) is 2.17. The highest BCUT2D eigenvalue weighted by molar-refractivity contribution is 6.23. The van der Waals surface area contributed by atoms with Crippen molar-refractivity contribution in [3.8, 4) is 0 Å². The van der Waals surface area contributed by atoms with Gasteiger partial charge in [0.2, 0.25) is 0 Å². The second-order valence-electron chi connectivity index (χ2n) is 6.73. The molecular formula is C23H18N2O. The van der Waals surface area contributed by atoms with E-state index in [4.69, 9.17) is 5.21 Å². The molecule has 0 aliphatic carbocycles. The molecule has 4 aromatic rings. The van der Waals surface area contributed by atoms with Gasteiger partial charge in [0.05, 0.1) is 12.3 Å². The van der Waals surface area contributed by atoms with Crippen LogP contribution in [0.3, 0.4) is 0 Å². The van der Waals surface area contributed by atoms with Gasteiger partial charge in [-0.15, -0.1) is 0 Å². The molecule has 3 heteroatoms. The smallest absolute Gasteiger partial charge is 0.0862 e. The first-order chi connectivity index (χ1) is 12.8. The summed E-state index contributed by atoms with van der Waals surface area (Å²) in [5.41, 5.74) is 1.27. The van der Waals surface area contributed by atoms with E-state index in [0.717, 1.165) is 6.54 Å². The van der Waals surface area contributed by atoms with Crippen molar-refractivity contribution in [2.75, 3.05) is 0 Å². The van der Waals surface area contributed by atoms with Crippen LogP contribution in [0.25, 0.3) is 32.3 Å². The van der Waals surface area contributed by atoms with E-state index in [-0.39, 0.29) is 6.04 Å². The molecule has 0 aromatic heterocycles. The van der Waals surface area contributed by atoms with Crippen molar-refractivity contribution in [3.63, 3.8) is 0 Å². The van der Waals surface area contributed by atoms with Crippen molar-refractivity contribution in [3.05, 3.63) is 84.6 Å². The lowest BCUT2D eigenvalue weighted by atomic mass is 9.92. The van der Waals surface area contributed by atoms with Crippen LogP contribution < -0.4 is 0 Å². The quantitative estimate of drug-likeness (QED) is 0.238. The van der Waals surface area contributed by atoms with E-state index in [0.29, 0.717) is 0 Å². The van der Waals surface area contributed by atoms with Crippen molar-refractivity contribution in [2.45, 2.75) is 12.6 Å². The Labute approximate surface area is 151 Å². The maximum Gasteiger partial charge on any atom is 0.0862 e. The fourth-order valence-electron chi connectivity index (χ4n) is 4.04. The summed E-state index contributed by atoms with van der Waals surface area (Å²) in [6.45, 7) is 0.756. The SMILES string of the molecule is O/N=C\C1C=CC=CN1Cc1ccc2ccc3cccc4ccc1c2c34. The molecule has 0 spiro atoms. The fraction of sp³-hybridized carbons (Fsp3) is 0.0870. The Morgan fingerprint density at radius 2 is 1.62 bits per heavy atom. The van der Waals surface area contributed by atoms with Crippen LogP contribution in [-0.4, -0.2) is 22.4 Å². The van der Waals surface area contributed by atoms with Crippen LogP contribution in [0.1, 0.15) is 5.56 Å². The molecule has 1 aliphatic heterocycles. The van der Waals surface area contributed by atoms with Crippen LogP contribution in [0.2, 0.25) is 0 Å². The van der Waals surface area contributed by atoms with Crippen molar-refractivity contribution < 1.29 is 5.21 Å². The van der Waals surface area contributed by atoms with Crippen LogP contribution in [0.5, 0.6) is 0 Å². The molecule has 4 aromatic carbocycles. The predicted molar refractivity (Wildman–Crippen MR) is 108 cm³/mol. The molecule has 1 atom stereocenters. The van der Waals surface area contributed by atoms with Gasteiger partial charge in [0.1, 0.15) is 0 Å². The first kappa shape index (κ1) is 15.0. The van der Waals surface area contributed by atoms with E-state index in [1.54, 1.807) is 6.21 Å². The van der Waals surface area contributed by atoms with Crippen LogP contribution in [0.15, 0.2) is 84.2 Å². The Hall–Kier alpha value is -3.33. The summed E-state index contributed by atoms with van der Waals surface area (Å²) >= 11 is 0. The summed E-state index contributed by atoms with van der Waals surface area (Å²) < 4.78 is 0. The summed E-state index contributed by atoms with van der Waals surface area (Å²) in [6.07, 6.45) is 9.61. The number of benzene rings is 4. The monoisotopic (exact) mass is 338 g/mol. The van der Waals surface area contributed by atoms with Gasteiger partial charge < -0.3 is 10.1 Å². The molecular weight excluding hydrogens is 320 g/mol. The molecule has 3 nitrogen and oxygen atoms in total. The molecule has 1 aliphatic rings. The summed E-state index contributed by atoms with van der Waals surface area (Å²) in [6, 6.07) is 19.7. The van der Waals surface area contributed by atoms with Crippen molar-refractivity contribution >= 4 is 38.5 Å². The number of oxime groups is 1. The Morgan fingerprint density at radius 3 is 2.42 bits per heavy atom. The largest absolute Gasteiger partial charge is 0.411 e. The van der Waals surface area contributed by atoms with Crippen molar-refractivity contribution in [1.29, 1.82) is 0 Å². The highest BCUT2D eigenvalue weighted by Crippen LogP contribution is 2.36. The molecule has 0 saturated heterocycles. The molecule has 0 fully saturated rings. The molecule has 1 N–H and O–H groups in total. The van der Waals surface area contributed by atoms with Gasteiger partial charge in [-0.3, -0.25) is 0 Å². The molecule has 0 saturated carbocycles. The number of hydrogen-bond acceptors (Lipinski definition) is 3. The van der Waals surface area contributed by atoms with Crippen LogP contribution in [0.4, 0.5) is 0 Å². The molecule has 1 heterocycles. The Balaban J connectivity index is 1.69. The highest BCUT2D eigenvalue weighted by atomic mass is 16.4. The maximum atomic E-state index is 8.94. The van der Waals surface area contributed by atoms with Crippen molar-refractivity contribution in [2.24, 2.45) is 5.16 Å². The van der Waals surface area contributed by atoms with Gasteiger partial charge >= 0.3 is 0 Å². The maximum absolute atomic E-state index is 8.94. The standard InChI is InChI=1S/C23H18N2O/c26-24-14-20-6-1-2-13-25(20)15-19-10-9-18-8-7-16-4-3-5-17-11-12-21(19)23(18)22(16)17/h1-14,20,26H,15H2/b24-14-. The minimum Gasteiger partial charge on any atom is -0.411 e. The minimum atomic E-state index is -0.0384. The molecule has 26 heavy (non-hydrogen) atoms. The van der Waals surface area contributed by atoms with Gasteiger partial charge in [0.25, 0.3) is 0 Å². The van der Waals surface area contributed by atoms with Gasteiger partial charge in [-0.25, -0.2) is 0 Å². The third-order valence-electron chi connectivity index (χ3n) is 5.27. The van der Waals surface area contributed by atoms with Gasteiger partial charge in [-0.2, -0.15) is 0 Å². The van der Waals surface area contributed by atoms with E-state index in [2.05, 4.69) is 64.7 Å². The zero-order valence-electron chi connectivity index (χ0n) is 14.2. The van der Waals surface area contributed by atoms with E-state index in [1.807, 2.05) is 24.4 Å². The van der Waals surface area contributed by atoms with Crippen LogP contribution in [-0.2, 0) is 6.54 Å². The van der Waals surface area contributed by atoms with Gasteiger partial charge in [0.15, 0.2) is 0 Å². The third-order valence-corrected chi connectivity index (χ3v) is 5.27. The average Bonchev–Trinajstić information content (AvgIpc) is 2.69. The first-order valence-corrected chi connectivity index (χ1v) is 8.79. The van der Waals surface area contributed by atoms with E-state index >= 15 is 0 Å². The third kappa shape index (κ3) is 2.25. The summed E-state index contributed by atoms with van der Waals surface area (Å²) in [5, 5.41) is 20.0. The fourth-order valence-corrected chi connectivity index (χ4v) is 4.04. The number of hydrogen-bond donors (Lipinski definition) is 1. The summed E-state index contributed by atoms with van der Waals surface area (Å²) in [5.74, 6) is 0. The Kier molecular flexibility index (Phi) is 3.39. The number of rotatable bonds is 3. The minimum absolute atomic E-state index is 0.0384. The van der Waals surface area contributed by atoms with Crippen molar-refractivity contribution in [1.82, 2.24) is 4.90 Å². The summed E-state index contributed by atoms with van der Waals surface area (Å²) in [7, 11) is 0. The lowest BCUT2D eigenvalue weighted by Gasteiger charge is -2.28. The van der Waals surface area contributed by atoms with Gasteiger partial charge in [0, 0.05) is 12.7 Å². The second kappa shape index (κ2) is 5.88. The first-order valence-electron chi connectivity index (χ1n) is 8.79. The topological polar surface area (TPSA) is 35.8 Å². The van der Waals surface area contributed by atoms with E-state index in [9.17, 15) is 0 Å². The lowest BCUT2D eigenvalue weighted by Crippen LogP contribution is -2.31. The van der Waals surface area contributed by atoms with Gasteiger partial charge in [-0.05, 0) is 44.0 Å². The number of nitrogens with zero attached hydrogens (tertiary/aromatic N) is 2. The molecule has 126 valence electrons. The lowest BCUT2D eigenvalue weighted by molar-refractivity contribution is 0.309. The van der Waals surface area contributed by atoms with E-state index in [1.165, 1.54) is 37.9 Å². The highest BCUT2D eigenvalue weighted by Gasteiger charge is 2.16. The Bertz CT molecular complexity index is 1170. The zero-order chi connectivity index (χ0) is 17.5.